The van der Waals surface area contributed by atoms with Crippen molar-refractivity contribution in [3.05, 3.63) is 35.4 Å². The van der Waals surface area contributed by atoms with Crippen molar-refractivity contribution in [2.24, 2.45) is 0 Å². The molecule has 1 N–H and O–H groups in total. The molecule has 1 saturated heterocycles. The predicted octanol–water partition coefficient (Wildman–Crippen LogP) is 2.93. The maximum atomic E-state index is 11.7. The smallest absolute Gasteiger partial charge is 0.230 e. The SMILES string of the molecule is Cc1cccc(CSCC(=O)NCCCOCC2CCCO2)c1. The van der Waals surface area contributed by atoms with E-state index in [2.05, 4.69) is 36.5 Å². The molecule has 1 amide bonds. The van der Waals surface area contributed by atoms with Crippen LogP contribution in [-0.2, 0) is 20.0 Å². The van der Waals surface area contributed by atoms with Crippen molar-refractivity contribution in [2.45, 2.75) is 38.0 Å². The third kappa shape index (κ3) is 7.86. The van der Waals surface area contributed by atoms with Gasteiger partial charge in [0.15, 0.2) is 0 Å². The fourth-order valence-corrected chi connectivity index (χ4v) is 3.31. The molecule has 1 unspecified atom stereocenters. The van der Waals surface area contributed by atoms with E-state index in [0.717, 1.165) is 31.6 Å². The van der Waals surface area contributed by atoms with Crippen LogP contribution in [0.5, 0.6) is 0 Å². The number of carbonyl (C=O) groups is 1. The van der Waals surface area contributed by atoms with Gasteiger partial charge in [0.05, 0.1) is 18.5 Å². The Morgan fingerprint density at radius 2 is 2.39 bits per heavy atom. The van der Waals surface area contributed by atoms with E-state index in [0.29, 0.717) is 25.5 Å². The lowest BCUT2D eigenvalue weighted by Crippen LogP contribution is -2.27. The van der Waals surface area contributed by atoms with Crippen LogP contribution in [0.3, 0.4) is 0 Å². The molecule has 0 bridgehead atoms. The Kier molecular flexibility index (Phi) is 8.50. The fourth-order valence-electron chi connectivity index (χ4n) is 2.51. The van der Waals surface area contributed by atoms with Gasteiger partial charge in [-0.05, 0) is 31.7 Å². The standard InChI is InChI=1S/C18H27NO3S/c1-15-5-2-6-16(11-15)13-23-14-18(20)19-8-4-9-21-12-17-7-3-10-22-17/h2,5-6,11,17H,3-4,7-10,12-14H2,1H3,(H,19,20). The number of rotatable bonds is 10. The Balaban J connectivity index is 1.43. The van der Waals surface area contributed by atoms with Gasteiger partial charge in [0.2, 0.25) is 5.91 Å². The van der Waals surface area contributed by atoms with Crippen molar-refractivity contribution in [2.75, 3.05) is 32.1 Å². The number of benzene rings is 1. The molecule has 0 aliphatic carbocycles. The third-order valence-electron chi connectivity index (χ3n) is 3.70. The van der Waals surface area contributed by atoms with Gasteiger partial charge in [0.25, 0.3) is 0 Å². The summed E-state index contributed by atoms with van der Waals surface area (Å²) in [5.41, 5.74) is 2.53. The summed E-state index contributed by atoms with van der Waals surface area (Å²) in [5.74, 6) is 1.48. The Morgan fingerprint density at radius 3 is 3.17 bits per heavy atom. The lowest BCUT2D eigenvalue weighted by molar-refractivity contribution is -0.118. The van der Waals surface area contributed by atoms with E-state index in [1.165, 1.54) is 11.1 Å². The quantitative estimate of drug-likeness (QED) is 0.667. The molecule has 2 rings (SSSR count). The summed E-state index contributed by atoms with van der Waals surface area (Å²) in [6.45, 7) is 4.98. The fraction of sp³-hybridized carbons (Fsp3) is 0.611. The number of ether oxygens (including phenoxy) is 2. The molecule has 1 fully saturated rings. The maximum Gasteiger partial charge on any atom is 0.230 e. The molecular weight excluding hydrogens is 310 g/mol. The second-order valence-electron chi connectivity index (χ2n) is 5.90. The average molecular weight is 337 g/mol. The van der Waals surface area contributed by atoms with Crippen LogP contribution in [0.4, 0.5) is 0 Å². The minimum Gasteiger partial charge on any atom is -0.379 e. The molecule has 23 heavy (non-hydrogen) atoms. The Labute approximate surface area is 143 Å². The van der Waals surface area contributed by atoms with E-state index in [-0.39, 0.29) is 12.0 Å². The molecule has 0 saturated carbocycles. The van der Waals surface area contributed by atoms with Gasteiger partial charge in [0, 0.05) is 25.5 Å². The highest BCUT2D eigenvalue weighted by Crippen LogP contribution is 2.13. The van der Waals surface area contributed by atoms with Crippen LogP contribution in [0.25, 0.3) is 0 Å². The minimum atomic E-state index is 0.0989. The normalized spacial score (nSPS) is 17.3. The van der Waals surface area contributed by atoms with Gasteiger partial charge in [-0.15, -0.1) is 11.8 Å². The summed E-state index contributed by atoms with van der Waals surface area (Å²) in [5, 5.41) is 2.94. The van der Waals surface area contributed by atoms with Crippen LogP contribution < -0.4 is 5.32 Å². The highest BCUT2D eigenvalue weighted by molar-refractivity contribution is 7.99. The summed E-state index contributed by atoms with van der Waals surface area (Å²) in [6.07, 6.45) is 3.38. The molecule has 0 radical (unpaired) electrons. The van der Waals surface area contributed by atoms with Gasteiger partial charge < -0.3 is 14.8 Å². The van der Waals surface area contributed by atoms with E-state index in [9.17, 15) is 4.79 Å². The average Bonchev–Trinajstić information content (AvgIpc) is 3.04. The van der Waals surface area contributed by atoms with Gasteiger partial charge in [0.1, 0.15) is 0 Å². The van der Waals surface area contributed by atoms with Gasteiger partial charge >= 0.3 is 0 Å². The number of hydrogen-bond acceptors (Lipinski definition) is 4. The first-order valence-electron chi connectivity index (χ1n) is 8.33. The van der Waals surface area contributed by atoms with Crippen molar-refractivity contribution in [1.29, 1.82) is 0 Å². The zero-order valence-electron chi connectivity index (χ0n) is 13.9. The molecule has 0 spiro atoms. The largest absolute Gasteiger partial charge is 0.379 e. The first kappa shape index (κ1) is 18.3. The van der Waals surface area contributed by atoms with E-state index in [4.69, 9.17) is 9.47 Å². The molecule has 128 valence electrons. The Hall–Kier alpha value is -1.04. The van der Waals surface area contributed by atoms with Crippen molar-refractivity contribution in [1.82, 2.24) is 5.32 Å². The number of hydrogen-bond donors (Lipinski definition) is 1. The van der Waals surface area contributed by atoms with Crippen LogP contribution in [0, 0.1) is 6.92 Å². The third-order valence-corrected chi connectivity index (χ3v) is 4.70. The predicted molar refractivity (Wildman–Crippen MR) is 94.8 cm³/mol. The molecule has 1 aromatic carbocycles. The summed E-state index contributed by atoms with van der Waals surface area (Å²) in [6, 6.07) is 8.41. The summed E-state index contributed by atoms with van der Waals surface area (Å²) in [7, 11) is 0. The number of aryl methyl sites for hydroxylation is 1. The number of amides is 1. The van der Waals surface area contributed by atoms with Crippen molar-refractivity contribution in [3.8, 4) is 0 Å². The lowest BCUT2D eigenvalue weighted by Gasteiger charge is -2.10. The monoisotopic (exact) mass is 337 g/mol. The van der Waals surface area contributed by atoms with Gasteiger partial charge in [-0.25, -0.2) is 0 Å². The van der Waals surface area contributed by atoms with Crippen molar-refractivity contribution in [3.63, 3.8) is 0 Å². The summed E-state index contributed by atoms with van der Waals surface area (Å²) < 4.78 is 11.1. The van der Waals surface area contributed by atoms with Crippen LogP contribution in [0.1, 0.15) is 30.4 Å². The maximum absolute atomic E-state index is 11.7. The molecular formula is C18H27NO3S. The Morgan fingerprint density at radius 1 is 1.48 bits per heavy atom. The molecule has 1 atom stereocenters. The molecule has 5 heteroatoms. The van der Waals surface area contributed by atoms with E-state index >= 15 is 0 Å². The topological polar surface area (TPSA) is 47.6 Å². The van der Waals surface area contributed by atoms with Crippen LogP contribution in [0.15, 0.2) is 24.3 Å². The Bertz CT molecular complexity index is 475. The molecule has 1 aromatic rings. The minimum absolute atomic E-state index is 0.0989. The van der Waals surface area contributed by atoms with Crippen molar-refractivity contribution < 1.29 is 14.3 Å². The first-order chi connectivity index (χ1) is 11.2. The number of thioether (sulfide) groups is 1. The second kappa shape index (κ2) is 10.7. The van der Waals surface area contributed by atoms with E-state index in [1.807, 2.05) is 0 Å². The highest BCUT2D eigenvalue weighted by Gasteiger charge is 2.14. The van der Waals surface area contributed by atoms with Crippen LogP contribution in [-0.4, -0.2) is 44.1 Å². The zero-order valence-corrected chi connectivity index (χ0v) is 14.7. The van der Waals surface area contributed by atoms with Crippen LogP contribution >= 0.6 is 11.8 Å². The summed E-state index contributed by atoms with van der Waals surface area (Å²) in [4.78, 5) is 11.7. The van der Waals surface area contributed by atoms with Gasteiger partial charge in [-0.2, -0.15) is 0 Å². The molecule has 4 nitrogen and oxygen atoms in total. The molecule has 0 aromatic heterocycles. The highest BCUT2D eigenvalue weighted by atomic mass is 32.2. The van der Waals surface area contributed by atoms with Gasteiger partial charge in [-0.1, -0.05) is 29.8 Å². The second-order valence-corrected chi connectivity index (χ2v) is 6.88. The molecule has 1 heterocycles. The van der Waals surface area contributed by atoms with Crippen LogP contribution in [0.2, 0.25) is 0 Å². The van der Waals surface area contributed by atoms with E-state index < -0.39 is 0 Å². The summed E-state index contributed by atoms with van der Waals surface area (Å²) >= 11 is 1.65. The lowest BCUT2D eigenvalue weighted by atomic mass is 10.2. The first-order valence-corrected chi connectivity index (χ1v) is 9.49. The van der Waals surface area contributed by atoms with Crippen molar-refractivity contribution >= 4 is 17.7 Å². The molecule has 1 aliphatic heterocycles. The number of carbonyl (C=O) groups excluding carboxylic acids is 1. The van der Waals surface area contributed by atoms with Gasteiger partial charge in [-0.3, -0.25) is 4.79 Å². The molecule has 1 aliphatic rings. The number of nitrogens with one attached hydrogen (secondary N) is 1. The van der Waals surface area contributed by atoms with E-state index in [1.54, 1.807) is 11.8 Å². The zero-order chi connectivity index (χ0) is 16.3.